The maximum absolute atomic E-state index is 13.9. The number of hydrogen-bond donors (Lipinski definition) is 2. The Bertz CT molecular complexity index is 1260. The number of rotatable bonds is 7. The summed E-state index contributed by atoms with van der Waals surface area (Å²) in [6, 6.07) is 6.90. The number of hydrogen-bond acceptors (Lipinski definition) is 4. The molecule has 0 aromatic heterocycles. The van der Waals surface area contributed by atoms with Crippen LogP contribution in [0.1, 0.15) is 71.5 Å². The van der Waals surface area contributed by atoms with Crippen molar-refractivity contribution in [1.29, 1.82) is 0 Å². The van der Waals surface area contributed by atoms with E-state index in [0.717, 1.165) is 62.9 Å². The molecule has 2 heterocycles. The van der Waals surface area contributed by atoms with Gasteiger partial charge in [-0.05, 0) is 105 Å². The van der Waals surface area contributed by atoms with Crippen molar-refractivity contribution in [2.24, 2.45) is 11.7 Å². The Hall–Kier alpha value is -3.05. The number of carbonyl (C=O) groups is 2. The Morgan fingerprint density at radius 1 is 1.02 bits per heavy atom. The number of halogens is 5. The van der Waals surface area contributed by atoms with E-state index in [-0.39, 0.29) is 41.5 Å². The van der Waals surface area contributed by atoms with Crippen molar-refractivity contribution in [1.82, 2.24) is 10.2 Å². The van der Waals surface area contributed by atoms with Crippen LogP contribution in [0.2, 0.25) is 0 Å². The molecule has 5 rings (SSSR count). The minimum Gasteiger partial charge on any atom is -0.366 e. The second-order valence-corrected chi connectivity index (χ2v) is 11.1. The molecule has 1 aliphatic carbocycles. The van der Waals surface area contributed by atoms with Gasteiger partial charge in [-0.1, -0.05) is 6.07 Å². The minimum atomic E-state index is -4.68. The number of nitrogens with two attached hydrogens (primary N) is 1. The van der Waals surface area contributed by atoms with Crippen molar-refractivity contribution < 1.29 is 36.3 Å². The van der Waals surface area contributed by atoms with Gasteiger partial charge < -0.3 is 15.8 Å². The van der Waals surface area contributed by atoms with Crippen LogP contribution in [0, 0.1) is 17.6 Å². The van der Waals surface area contributed by atoms with Gasteiger partial charge in [-0.3, -0.25) is 14.5 Å². The number of piperidine rings is 1. The molecule has 3 fully saturated rings. The van der Waals surface area contributed by atoms with E-state index in [1.54, 1.807) is 6.07 Å². The molecule has 1 saturated carbocycles. The van der Waals surface area contributed by atoms with Crippen molar-refractivity contribution in [3.63, 3.8) is 0 Å². The summed E-state index contributed by atoms with van der Waals surface area (Å²) < 4.78 is 73.1. The number of nitrogens with one attached hydrogen (secondary N) is 1. The molecule has 0 unspecified atom stereocenters. The molecule has 11 heteroatoms. The zero-order chi connectivity index (χ0) is 28.7. The Balaban J connectivity index is 1.17. The summed E-state index contributed by atoms with van der Waals surface area (Å²) in [5, 5.41) is 2.70. The van der Waals surface area contributed by atoms with Gasteiger partial charge in [-0.25, -0.2) is 8.78 Å². The van der Waals surface area contributed by atoms with Gasteiger partial charge in [-0.2, -0.15) is 13.2 Å². The maximum Gasteiger partial charge on any atom is 0.416 e. The Labute approximate surface area is 229 Å². The van der Waals surface area contributed by atoms with Crippen LogP contribution in [0.4, 0.5) is 22.0 Å². The molecule has 2 aromatic rings. The fourth-order valence-electron chi connectivity index (χ4n) is 6.14. The van der Waals surface area contributed by atoms with Crippen molar-refractivity contribution in [2.45, 2.75) is 68.8 Å². The lowest BCUT2D eigenvalue weighted by atomic mass is 9.84. The van der Waals surface area contributed by atoms with Crippen LogP contribution in [0.5, 0.6) is 0 Å². The standard InChI is InChI=1S/C29H32F5N3O3/c30-22-12-17(11-21(14-22)29(32,33)34)15-36-27(39)28(20-2-3-20)8-5-23(16-40-28)37-9-6-18(7-10-37)19-1-4-25(31)24(13-19)26(35)38/h1,4,11-14,18,20,23H,2-3,5-10,15-16H2,(H2,35,38)(H,36,39)/t23-,28+/m1/s1. The van der Waals surface area contributed by atoms with Crippen LogP contribution in [0.3, 0.4) is 0 Å². The molecule has 6 nitrogen and oxygen atoms in total. The first-order chi connectivity index (χ1) is 19.0. The van der Waals surface area contributed by atoms with Gasteiger partial charge in [0.2, 0.25) is 0 Å². The average Bonchev–Trinajstić information content (AvgIpc) is 3.77. The molecule has 2 saturated heterocycles. The highest BCUT2D eigenvalue weighted by atomic mass is 19.4. The van der Waals surface area contributed by atoms with Crippen LogP contribution in [-0.4, -0.2) is 48.1 Å². The molecule has 3 aliphatic rings. The molecular weight excluding hydrogens is 533 g/mol. The lowest BCUT2D eigenvalue weighted by Crippen LogP contribution is -2.57. The van der Waals surface area contributed by atoms with Crippen LogP contribution in [-0.2, 0) is 22.3 Å². The van der Waals surface area contributed by atoms with Crippen molar-refractivity contribution in [2.75, 3.05) is 19.7 Å². The molecule has 3 N–H and O–H groups in total. The van der Waals surface area contributed by atoms with Gasteiger partial charge in [0.05, 0.1) is 17.7 Å². The zero-order valence-corrected chi connectivity index (χ0v) is 21.9. The molecule has 0 bridgehead atoms. The normalized spacial score (nSPS) is 24.6. The van der Waals surface area contributed by atoms with E-state index in [4.69, 9.17) is 10.5 Å². The molecule has 2 aliphatic heterocycles. The number of amides is 2. The van der Waals surface area contributed by atoms with E-state index in [1.807, 2.05) is 0 Å². The Kier molecular flexibility index (Phi) is 7.89. The lowest BCUT2D eigenvalue weighted by molar-refractivity contribution is -0.165. The third-order valence-corrected chi connectivity index (χ3v) is 8.51. The van der Waals surface area contributed by atoms with Gasteiger partial charge in [0.25, 0.3) is 11.8 Å². The third-order valence-electron chi connectivity index (χ3n) is 8.51. The number of alkyl halides is 3. The van der Waals surface area contributed by atoms with Gasteiger partial charge in [-0.15, -0.1) is 0 Å². The summed E-state index contributed by atoms with van der Waals surface area (Å²) in [6.07, 6.45) is -0.138. The maximum atomic E-state index is 13.9. The number of carbonyl (C=O) groups excluding carboxylic acids is 2. The molecular formula is C29H32F5N3O3. The lowest BCUT2D eigenvalue weighted by Gasteiger charge is -2.45. The van der Waals surface area contributed by atoms with E-state index in [9.17, 15) is 31.5 Å². The average molecular weight is 566 g/mol. The van der Waals surface area contributed by atoms with Crippen LogP contribution in [0.15, 0.2) is 36.4 Å². The van der Waals surface area contributed by atoms with Crippen LogP contribution in [0.25, 0.3) is 0 Å². The summed E-state index contributed by atoms with van der Waals surface area (Å²) in [5.41, 5.74) is 3.98. The SMILES string of the molecule is NC(=O)c1cc(C2CCN([C@@H]3CC[C@@](C(=O)NCc4cc(F)cc(C(F)(F)F)c4)(C4CC4)OC3)CC2)ccc1F. The van der Waals surface area contributed by atoms with Crippen molar-refractivity contribution in [3.05, 3.63) is 70.3 Å². The van der Waals surface area contributed by atoms with Gasteiger partial charge in [0, 0.05) is 12.6 Å². The van der Waals surface area contributed by atoms with Gasteiger partial charge in [0.15, 0.2) is 0 Å². The van der Waals surface area contributed by atoms with E-state index in [0.29, 0.717) is 19.1 Å². The van der Waals surface area contributed by atoms with Crippen LogP contribution < -0.4 is 11.1 Å². The predicted molar refractivity (Wildman–Crippen MR) is 136 cm³/mol. The third kappa shape index (κ3) is 6.00. The molecule has 40 heavy (non-hydrogen) atoms. The Morgan fingerprint density at radius 2 is 1.75 bits per heavy atom. The smallest absolute Gasteiger partial charge is 0.366 e. The zero-order valence-electron chi connectivity index (χ0n) is 21.9. The first kappa shape index (κ1) is 28.5. The predicted octanol–water partition coefficient (Wildman–Crippen LogP) is 4.91. The van der Waals surface area contributed by atoms with Crippen LogP contribution >= 0.6 is 0 Å². The number of likely N-dealkylation sites (tertiary alicyclic amines) is 1. The highest BCUT2D eigenvalue weighted by Gasteiger charge is 2.54. The van der Waals surface area contributed by atoms with E-state index >= 15 is 0 Å². The number of ether oxygens (including phenoxy) is 1. The first-order valence-corrected chi connectivity index (χ1v) is 13.6. The summed E-state index contributed by atoms with van der Waals surface area (Å²) in [6.45, 7) is 1.70. The van der Waals surface area contributed by atoms with E-state index in [2.05, 4.69) is 10.2 Å². The quantitative estimate of drug-likeness (QED) is 0.468. The topological polar surface area (TPSA) is 84.7 Å². The molecule has 216 valence electrons. The molecule has 0 spiro atoms. The fourth-order valence-corrected chi connectivity index (χ4v) is 6.14. The molecule has 0 radical (unpaired) electrons. The number of primary amides is 1. The number of nitrogens with zero attached hydrogens (tertiary/aromatic N) is 1. The monoisotopic (exact) mass is 565 g/mol. The second-order valence-electron chi connectivity index (χ2n) is 11.1. The second kappa shape index (κ2) is 11.1. The van der Waals surface area contributed by atoms with Crippen molar-refractivity contribution in [3.8, 4) is 0 Å². The Morgan fingerprint density at radius 3 is 2.35 bits per heavy atom. The number of benzene rings is 2. The summed E-state index contributed by atoms with van der Waals surface area (Å²) >= 11 is 0. The molecule has 2 atom stereocenters. The highest BCUT2D eigenvalue weighted by Crippen LogP contribution is 2.47. The van der Waals surface area contributed by atoms with E-state index in [1.165, 1.54) is 12.1 Å². The summed E-state index contributed by atoms with van der Waals surface area (Å²) in [4.78, 5) is 27.1. The fraction of sp³-hybridized carbons (Fsp3) is 0.517. The summed E-state index contributed by atoms with van der Waals surface area (Å²) in [7, 11) is 0. The molecule has 2 aromatic carbocycles. The van der Waals surface area contributed by atoms with Crippen molar-refractivity contribution >= 4 is 11.8 Å². The van der Waals surface area contributed by atoms with E-state index < -0.39 is 34.9 Å². The first-order valence-electron chi connectivity index (χ1n) is 13.6. The van der Waals surface area contributed by atoms with Gasteiger partial charge >= 0.3 is 6.18 Å². The minimum absolute atomic E-state index is 0.0345. The highest BCUT2D eigenvalue weighted by molar-refractivity contribution is 5.93. The largest absolute Gasteiger partial charge is 0.416 e. The summed E-state index contributed by atoms with van der Waals surface area (Å²) in [5.74, 6) is -2.57. The molecule has 2 amide bonds. The van der Waals surface area contributed by atoms with Gasteiger partial charge in [0.1, 0.15) is 17.2 Å².